The molecule has 5 nitrogen and oxygen atoms in total. The van der Waals surface area contributed by atoms with Crippen molar-refractivity contribution < 1.29 is 24.1 Å². The van der Waals surface area contributed by atoms with Crippen molar-refractivity contribution >= 4 is 5.97 Å². The van der Waals surface area contributed by atoms with Crippen LogP contribution in [0, 0.1) is 5.92 Å². The summed E-state index contributed by atoms with van der Waals surface area (Å²) in [5, 5.41) is 10.2. The molecular formula is C15H18O5. The summed E-state index contributed by atoms with van der Waals surface area (Å²) in [6.07, 6.45) is 2.85. The molecule has 1 N–H and O–H groups in total. The van der Waals surface area contributed by atoms with Gasteiger partial charge in [0.1, 0.15) is 11.7 Å². The minimum absolute atomic E-state index is 0.0497. The van der Waals surface area contributed by atoms with Gasteiger partial charge in [0.2, 0.25) is 0 Å². The van der Waals surface area contributed by atoms with E-state index in [1.165, 1.54) is 5.57 Å². The zero-order valence-corrected chi connectivity index (χ0v) is 11.4. The molecule has 0 amide bonds. The van der Waals surface area contributed by atoms with Crippen LogP contribution in [-0.2, 0) is 19.0 Å². The van der Waals surface area contributed by atoms with Gasteiger partial charge in [0, 0.05) is 12.0 Å². The van der Waals surface area contributed by atoms with Gasteiger partial charge in [-0.05, 0) is 25.8 Å². The van der Waals surface area contributed by atoms with E-state index in [1.54, 1.807) is 0 Å². The summed E-state index contributed by atoms with van der Waals surface area (Å²) < 4.78 is 16.8. The van der Waals surface area contributed by atoms with Crippen molar-refractivity contribution in [3.05, 3.63) is 23.8 Å². The van der Waals surface area contributed by atoms with Gasteiger partial charge in [-0.25, -0.2) is 4.79 Å². The summed E-state index contributed by atoms with van der Waals surface area (Å²) in [5.74, 6) is -0.593. The molecule has 0 aromatic heterocycles. The van der Waals surface area contributed by atoms with Crippen molar-refractivity contribution in [1.82, 2.24) is 0 Å². The topological polar surface area (TPSA) is 68.3 Å². The fourth-order valence-electron chi connectivity index (χ4n) is 3.79. The second-order valence-electron chi connectivity index (χ2n) is 6.27. The number of carbonyl (C=O) groups excluding carboxylic acids is 1. The predicted octanol–water partition coefficient (Wildman–Crippen LogP) is 1.07. The first-order valence-electron chi connectivity index (χ1n) is 7.10. The zero-order valence-electron chi connectivity index (χ0n) is 11.4. The van der Waals surface area contributed by atoms with Gasteiger partial charge < -0.3 is 19.3 Å². The van der Waals surface area contributed by atoms with E-state index in [2.05, 4.69) is 6.58 Å². The molecule has 0 radical (unpaired) electrons. The lowest BCUT2D eigenvalue weighted by molar-refractivity contribution is -0.139. The van der Waals surface area contributed by atoms with Crippen LogP contribution in [0.1, 0.15) is 26.2 Å². The molecule has 4 rings (SSSR count). The lowest BCUT2D eigenvalue weighted by atomic mass is 9.84. The molecule has 3 saturated heterocycles. The smallest absolute Gasteiger partial charge is 0.334 e. The van der Waals surface area contributed by atoms with Crippen LogP contribution in [0.15, 0.2) is 23.8 Å². The molecular weight excluding hydrogens is 260 g/mol. The normalized spacial score (nSPS) is 52.7. The molecule has 3 heterocycles. The predicted molar refractivity (Wildman–Crippen MR) is 68.6 cm³/mol. The van der Waals surface area contributed by atoms with E-state index >= 15 is 0 Å². The first-order chi connectivity index (χ1) is 9.51. The van der Waals surface area contributed by atoms with E-state index in [4.69, 9.17) is 14.2 Å². The third-order valence-corrected chi connectivity index (χ3v) is 5.00. The van der Waals surface area contributed by atoms with Gasteiger partial charge in [0.05, 0.1) is 18.1 Å². The van der Waals surface area contributed by atoms with Crippen molar-refractivity contribution in [2.75, 3.05) is 0 Å². The molecule has 4 aliphatic rings. The lowest BCUT2D eigenvalue weighted by Gasteiger charge is -2.21. The van der Waals surface area contributed by atoms with Gasteiger partial charge in [0.15, 0.2) is 6.29 Å². The number of aliphatic hydroxyl groups is 1. The molecule has 3 fully saturated rings. The molecule has 1 spiro atoms. The van der Waals surface area contributed by atoms with Crippen LogP contribution in [-0.4, -0.2) is 41.3 Å². The van der Waals surface area contributed by atoms with Crippen LogP contribution in [0.25, 0.3) is 0 Å². The van der Waals surface area contributed by atoms with Crippen molar-refractivity contribution in [2.45, 2.75) is 56.4 Å². The van der Waals surface area contributed by atoms with Crippen molar-refractivity contribution in [2.24, 2.45) is 5.92 Å². The Kier molecular flexibility index (Phi) is 2.47. The fourth-order valence-corrected chi connectivity index (χ4v) is 3.79. The Hall–Kier alpha value is -1.17. The molecule has 0 aromatic carbocycles. The van der Waals surface area contributed by atoms with Gasteiger partial charge in [-0.15, -0.1) is 0 Å². The highest BCUT2D eigenvalue weighted by molar-refractivity contribution is 5.91. The monoisotopic (exact) mass is 278 g/mol. The van der Waals surface area contributed by atoms with E-state index in [0.29, 0.717) is 12.0 Å². The lowest BCUT2D eigenvalue weighted by Crippen LogP contribution is -2.29. The molecule has 1 aliphatic carbocycles. The number of fused-ring (bicyclic) bond motifs is 3. The Labute approximate surface area is 117 Å². The molecule has 6 atom stereocenters. The Bertz CT molecular complexity index is 524. The molecule has 0 aromatic rings. The van der Waals surface area contributed by atoms with Crippen LogP contribution in [0.2, 0.25) is 0 Å². The number of allylic oxidation sites excluding steroid dienone is 1. The van der Waals surface area contributed by atoms with Crippen molar-refractivity contribution in [1.29, 1.82) is 0 Å². The van der Waals surface area contributed by atoms with E-state index in [0.717, 1.165) is 12.8 Å². The van der Waals surface area contributed by atoms with Gasteiger partial charge in [-0.3, -0.25) is 0 Å². The second kappa shape index (κ2) is 3.93. The first kappa shape index (κ1) is 12.6. The minimum atomic E-state index is -0.917. The maximum atomic E-state index is 11.8. The maximum absolute atomic E-state index is 11.8. The summed E-state index contributed by atoms with van der Waals surface area (Å²) in [6, 6.07) is 0. The quantitative estimate of drug-likeness (QED) is 0.311. The van der Waals surface area contributed by atoms with E-state index in [1.807, 2.05) is 13.0 Å². The van der Waals surface area contributed by atoms with E-state index < -0.39 is 11.9 Å². The third-order valence-electron chi connectivity index (χ3n) is 5.00. The van der Waals surface area contributed by atoms with Crippen LogP contribution < -0.4 is 0 Å². The van der Waals surface area contributed by atoms with Crippen LogP contribution >= 0.6 is 0 Å². The fraction of sp³-hybridized carbons (Fsp3) is 0.667. The third kappa shape index (κ3) is 1.57. The number of carbonyl (C=O) groups is 1. The first-order valence-corrected chi connectivity index (χ1v) is 7.10. The average molecular weight is 278 g/mol. The Morgan fingerprint density at radius 1 is 1.50 bits per heavy atom. The Morgan fingerprint density at radius 3 is 3.10 bits per heavy atom. The largest absolute Gasteiger partial charge is 0.454 e. The number of hydrogen-bond donors (Lipinski definition) is 1. The molecule has 20 heavy (non-hydrogen) atoms. The highest BCUT2D eigenvalue weighted by Gasteiger charge is 2.68. The highest BCUT2D eigenvalue weighted by Crippen LogP contribution is 2.54. The number of epoxide rings is 1. The van der Waals surface area contributed by atoms with Gasteiger partial charge in [-0.2, -0.15) is 0 Å². The zero-order chi connectivity index (χ0) is 14.1. The number of ether oxygens (including phenoxy) is 3. The Morgan fingerprint density at radius 2 is 2.30 bits per heavy atom. The number of esters is 1. The van der Waals surface area contributed by atoms with Gasteiger partial charge in [-0.1, -0.05) is 12.2 Å². The standard InChI is InChI=1S/C15H18O5/c1-7-3-4-11-15(20-11)6-10(19-14(15)17)12-8(2)13(16)18-9(12)5-7/h5,9-12,14,17H,2-4,6H2,1H3/b7-5+/t9-,10-,11+,12+,14-,15-/m1/s1. The summed E-state index contributed by atoms with van der Waals surface area (Å²) in [7, 11) is 0. The van der Waals surface area contributed by atoms with E-state index in [9.17, 15) is 9.90 Å². The summed E-state index contributed by atoms with van der Waals surface area (Å²) in [6.45, 7) is 5.87. The molecule has 5 heteroatoms. The Balaban J connectivity index is 1.73. The van der Waals surface area contributed by atoms with Crippen LogP contribution in [0.4, 0.5) is 0 Å². The average Bonchev–Trinajstić information content (AvgIpc) is 2.90. The number of aliphatic hydroxyl groups excluding tert-OH is 1. The molecule has 108 valence electrons. The molecule has 0 saturated carbocycles. The van der Waals surface area contributed by atoms with Crippen molar-refractivity contribution in [3.63, 3.8) is 0 Å². The number of hydrogen-bond acceptors (Lipinski definition) is 5. The van der Waals surface area contributed by atoms with Gasteiger partial charge >= 0.3 is 5.97 Å². The van der Waals surface area contributed by atoms with E-state index in [-0.39, 0.29) is 30.2 Å². The summed E-state index contributed by atoms with van der Waals surface area (Å²) in [5.41, 5.74) is 1.04. The second-order valence-corrected chi connectivity index (χ2v) is 6.27. The van der Waals surface area contributed by atoms with Gasteiger partial charge in [0.25, 0.3) is 0 Å². The SMILES string of the molecule is C=C1C(=O)O[C@@H]2/C=C(\C)CC[C@@H]3O[C@]34C[C@@H](O[C@H]4O)[C@@H]12. The minimum Gasteiger partial charge on any atom is -0.454 e. The molecule has 0 unspecified atom stereocenters. The highest BCUT2D eigenvalue weighted by atomic mass is 16.7. The molecule has 2 bridgehead atoms. The maximum Gasteiger partial charge on any atom is 0.334 e. The molecule has 3 aliphatic heterocycles. The summed E-state index contributed by atoms with van der Waals surface area (Å²) in [4.78, 5) is 11.8. The van der Waals surface area contributed by atoms with Crippen molar-refractivity contribution in [3.8, 4) is 0 Å². The summed E-state index contributed by atoms with van der Waals surface area (Å²) >= 11 is 0. The van der Waals surface area contributed by atoms with Crippen LogP contribution in [0.3, 0.4) is 0 Å². The number of rotatable bonds is 0. The van der Waals surface area contributed by atoms with Crippen LogP contribution in [0.5, 0.6) is 0 Å².